The van der Waals surface area contributed by atoms with E-state index in [0.717, 1.165) is 31.7 Å². The molecule has 1 aromatic carbocycles. The minimum atomic E-state index is -1.17. The fraction of sp³-hybridized carbons (Fsp3) is 0.400. The van der Waals surface area contributed by atoms with Crippen LogP contribution in [0.3, 0.4) is 0 Å². The molecular weight excluding hydrogens is 292 g/mol. The van der Waals surface area contributed by atoms with E-state index in [4.69, 9.17) is 4.52 Å². The zero-order valence-corrected chi connectivity index (χ0v) is 11.8. The van der Waals surface area contributed by atoms with Crippen LogP contribution in [0, 0.1) is 11.6 Å². The average molecular weight is 307 g/mol. The van der Waals surface area contributed by atoms with Gasteiger partial charge in [-0.1, -0.05) is 24.1 Å². The Balaban J connectivity index is 1.62. The highest BCUT2D eigenvalue weighted by atomic mass is 19.2. The quantitative estimate of drug-likeness (QED) is 0.943. The lowest BCUT2D eigenvalue weighted by atomic mass is 10.1. The second kappa shape index (κ2) is 6.21. The molecule has 1 saturated carbocycles. The maximum atomic E-state index is 13.5. The second-order valence-electron chi connectivity index (χ2n) is 5.31. The molecule has 1 aliphatic carbocycles. The molecule has 5 nitrogen and oxygen atoms in total. The number of carbonyl (C=O) groups excluding carboxylic acids is 1. The highest BCUT2D eigenvalue weighted by molar-refractivity contribution is 5.94. The van der Waals surface area contributed by atoms with Crippen molar-refractivity contribution < 1.29 is 18.1 Å². The molecule has 1 N–H and O–H groups in total. The third-order valence-corrected chi connectivity index (χ3v) is 3.79. The smallest absolute Gasteiger partial charge is 0.254 e. The lowest BCUT2D eigenvalue weighted by Crippen LogP contribution is -2.24. The van der Waals surface area contributed by atoms with E-state index in [1.807, 2.05) is 0 Å². The number of rotatable bonds is 4. The van der Waals surface area contributed by atoms with E-state index in [9.17, 15) is 13.6 Å². The van der Waals surface area contributed by atoms with E-state index in [1.165, 1.54) is 12.1 Å². The van der Waals surface area contributed by atoms with Crippen LogP contribution in [-0.2, 0) is 6.54 Å². The monoisotopic (exact) mass is 307 g/mol. The van der Waals surface area contributed by atoms with Gasteiger partial charge in [-0.15, -0.1) is 0 Å². The van der Waals surface area contributed by atoms with Crippen molar-refractivity contribution in [3.05, 3.63) is 47.1 Å². The lowest BCUT2D eigenvalue weighted by molar-refractivity contribution is 0.0944. The molecule has 1 fully saturated rings. The Morgan fingerprint density at radius 3 is 2.86 bits per heavy atom. The number of benzene rings is 1. The van der Waals surface area contributed by atoms with Crippen molar-refractivity contribution >= 4 is 5.91 Å². The van der Waals surface area contributed by atoms with Crippen LogP contribution in [-0.4, -0.2) is 16.0 Å². The van der Waals surface area contributed by atoms with Gasteiger partial charge in [0, 0.05) is 5.92 Å². The molecule has 1 aromatic heterocycles. The molecule has 1 heterocycles. The highest BCUT2D eigenvalue weighted by Gasteiger charge is 2.23. The van der Waals surface area contributed by atoms with E-state index in [0.29, 0.717) is 11.7 Å². The van der Waals surface area contributed by atoms with Crippen LogP contribution in [0.25, 0.3) is 0 Å². The third kappa shape index (κ3) is 2.98. The summed E-state index contributed by atoms with van der Waals surface area (Å²) in [7, 11) is 0. The van der Waals surface area contributed by atoms with Crippen LogP contribution in [0.1, 0.15) is 53.7 Å². The summed E-state index contributed by atoms with van der Waals surface area (Å²) in [6.07, 6.45) is 4.36. The average Bonchev–Trinajstić information content (AvgIpc) is 3.18. The van der Waals surface area contributed by atoms with Gasteiger partial charge in [-0.2, -0.15) is 4.98 Å². The fourth-order valence-electron chi connectivity index (χ4n) is 2.61. The summed E-state index contributed by atoms with van der Waals surface area (Å²) >= 11 is 0. The van der Waals surface area contributed by atoms with Gasteiger partial charge in [0.15, 0.2) is 17.5 Å². The van der Waals surface area contributed by atoms with Crippen molar-refractivity contribution in [2.45, 2.75) is 38.1 Å². The van der Waals surface area contributed by atoms with E-state index < -0.39 is 17.5 Å². The van der Waals surface area contributed by atoms with Gasteiger partial charge < -0.3 is 9.84 Å². The van der Waals surface area contributed by atoms with Crippen molar-refractivity contribution in [3.63, 3.8) is 0 Å². The van der Waals surface area contributed by atoms with Gasteiger partial charge in [-0.25, -0.2) is 8.78 Å². The summed E-state index contributed by atoms with van der Waals surface area (Å²) in [5.41, 5.74) is -0.348. The minimum absolute atomic E-state index is 0.00497. The maximum Gasteiger partial charge on any atom is 0.254 e. The van der Waals surface area contributed by atoms with Crippen molar-refractivity contribution in [3.8, 4) is 0 Å². The van der Waals surface area contributed by atoms with Crippen LogP contribution in [0.4, 0.5) is 8.78 Å². The largest absolute Gasteiger partial charge is 0.345 e. The van der Waals surface area contributed by atoms with Crippen molar-refractivity contribution in [2.75, 3.05) is 0 Å². The van der Waals surface area contributed by atoms with Crippen LogP contribution in [0.5, 0.6) is 0 Å². The standard InChI is InChI=1S/C15H15F2N3O2/c16-11-7-3-6-10(13(11)17)14(21)18-8-12-19-15(22-20-12)9-4-1-2-5-9/h3,6-7,9H,1-2,4-5,8H2,(H,18,21). The van der Waals surface area contributed by atoms with Crippen LogP contribution in [0.15, 0.2) is 22.7 Å². The van der Waals surface area contributed by atoms with Crippen LogP contribution >= 0.6 is 0 Å². The van der Waals surface area contributed by atoms with Gasteiger partial charge in [0.2, 0.25) is 5.89 Å². The molecule has 116 valence electrons. The van der Waals surface area contributed by atoms with Crippen LogP contribution < -0.4 is 5.32 Å². The first-order valence-electron chi connectivity index (χ1n) is 7.20. The molecule has 0 radical (unpaired) electrons. The summed E-state index contributed by atoms with van der Waals surface area (Å²) in [5, 5.41) is 6.25. The molecule has 0 unspecified atom stereocenters. The Labute approximate surface area is 125 Å². The Morgan fingerprint density at radius 1 is 1.32 bits per heavy atom. The van der Waals surface area contributed by atoms with E-state index >= 15 is 0 Å². The van der Waals surface area contributed by atoms with Crippen molar-refractivity contribution in [2.24, 2.45) is 0 Å². The normalized spacial score (nSPS) is 15.2. The topological polar surface area (TPSA) is 68.0 Å². The number of hydrogen-bond donors (Lipinski definition) is 1. The number of amides is 1. The fourth-order valence-corrected chi connectivity index (χ4v) is 2.61. The third-order valence-electron chi connectivity index (χ3n) is 3.79. The highest BCUT2D eigenvalue weighted by Crippen LogP contribution is 2.32. The zero-order valence-electron chi connectivity index (χ0n) is 11.8. The predicted octanol–water partition coefficient (Wildman–Crippen LogP) is 2.94. The van der Waals surface area contributed by atoms with Crippen LogP contribution in [0.2, 0.25) is 0 Å². The van der Waals surface area contributed by atoms with Gasteiger partial charge >= 0.3 is 0 Å². The molecule has 22 heavy (non-hydrogen) atoms. The first kappa shape index (κ1) is 14.6. The summed E-state index contributed by atoms with van der Waals surface area (Å²) in [6.45, 7) is 0.00497. The molecule has 3 rings (SSSR count). The minimum Gasteiger partial charge on any atom is -0.345 e. The van der Waals surface area contributed by atoms with Crippen molar-refractivity contribution in [1.82, 2.24) is 15.5 Å². The van der Waals surface area contributed by atoms with Gasteiger partial charge in [0.25, 0.3) is 5.91 Å². The van der Waals surface area contributed by atoms with E-state index in [2.05, 4.69) is 15.5 Å². The molecule has 0 atom stereocenters. The Bertz CT molecular complexity index is 681. The predicted molar refractivity (Wildman–Crippen MR) is 73.0 cm³/mol. The van der Waals surface area contributed by atoms with Gasteiger partial charge in [0.1, 0.15) is 0 Å². The summed E-state index contributed by atoms with van der Waals surface area (Å²) in [4.78, 5) is 16.1. The zero-order chi connectivity index (χ0) is 15.5. The lowest BCUT2D eigenvalue weighted by Gasteiger charge is -2.04. The number of nitrogens with zero attached hydrogens (tertiary/aromatic N) is 2. The Kier molecular flexibility index (Phi) is 4.13. The summed E-state index contributed by atoms with van der Waals surface area (Å²) < 4.78 is 31.8. The first-order chi connectivity index (χ1) is 10.6. The number of hydrogen-bond acceptors (Lipinski definition) is 4. The molecule has 0 spiro atoms. The summed E-state index contributed by atoms with van der Waals surface area (Å²) in [6, 6.07) is 3.45. The maximum absolute atomic E-state index is 13.5. The number of carbonyl (C=O) groups is 1. The van der Waals surface area contributed by atoms with E-state index in [-0.39, 0.29) is 18.0 Å². The van der Waals surface area contributed by atoms with Gasteiger partial charge in [-0.05, 0) is 25.0 Å². The van der Waals surface area contributed by atoms with E-state index in [1.54, 1.807) is 0 Å². The van der Waals surface area contributed by atoms with Gasteiger partial charge in [-0.3, -0.25) is 4.79 Å². The molecule has 0 saturated heterocycles. The molecule has 2 aromatic rings. The molecule has 7 heteroatoms. The molecule has 1 amide bonds. The SMILES string of the molecule is O=C(NCc1noc(C2CCCC2)n1)c1cccc(F)c1F. The number of nitrogens with one attached hydrogen (secondary N) is 1. The molecule has 0 bridgehead atoms. The summed E-state index contributed by atoms with van der Waals surface area (Å²) in [5.74, 6) is -1.75. The molecule has 1 aliphatic rings. The van der Waals surface area contributed by atoms with Gasteiger partial charge in [0.05, 0.1) is 12.1 Å². The molecule has 0 aliphatic heterocycles. The van der Waals surface area contributed by atoms with Crippen molar-refractivity contribution in [1.29, 1.82) is 0 Å². The number of halogens is 2. The first-order valence-corrected chi connectivity index (χ1v) is 7.20. The molecular formula is C15H15F2N3O2. The Morgan fingerprint density at radius 2 is 2.09 bits per heavy atom. The number of aromatic nitrogens is 2. The second-order valence-corrected chi connectivity index (χ2v) is 5.31. The Hall–Kier alpha value is -2.31.